The first-order valence-corrected chi connectivity index (χ1v) is 7.14. The van der Waals surface area contributed by atoms with Gasteiger partial charge in [-0.3, -0.25) is 0 Å². The maximum atomic E-state index is 9.33. The Labute approximate surface area is 112 Å². The molecule has 3 heteroatoms. The third-order valence-electron chi connectivity index (χ3n) is 2.69. The first-order chi connectivity index (χ1) is 8.24. The number of unbranched alkanes of at least 4 members (excludes halogenated alkanes) is 5. The molecule has 0 aliphatic heterocycles. The Hall–Kier alpha value is -0.700. The zero-order valence-corrected chi connectivity index (χ0v) is 12.0. The summed E-state index contributed by atoms with van der Waals surface area (Å²) in [5.41, 5.74) is 0. The molecule has 1 N–H and O–H groups in total. The number of hydrogen-bond donors (Lipinski definition) is 1. The predicted molar refractivity (Wildman–Crippen MR) is 74.7 cm³/mol. The van der Waals surface area contributed by atoms with Crippen molar-refractivity contribution in [3.8, 4) is 11.5 Å². The van der Waals surface area contributed by atoms with Crippen molar-refractivity contribution < 1.29 is 9.84 Å². The van der Waals surface area contributed by atoms with Gasteiger partial charge in [0.2, 0.25) is 0 Å². The highest BCUT2D eigenvalue weighted by Gasteiger charge is 2.00. The van der Waals surface area contributed by atoms with Crippen molar-refractivity contribution in [1.82, 2.24) is 0 Å². The van der Waals surface area contributed by atoms with E-state index >= 15 is 0 Å². The predicted octanol–water partition coefficient (Wildman–Crippen LogP) is 4.89. The summed E-state index contributed by atoms with van der Waals surface area (Å²) in [6, 6.07) is 5.23. The van der Waals surface area contributed by atoms with Gasteiger partial charge in [0.1, 0.15) is 11.5 Å². The van der Waals surface area contributed by atoms with Crippen LogP contribution < -0.4 is 4.74 Å². The maximum Gasteiger partial charge on any atom is 0.130 e. The minimum Gasteiger partial charge on any atom is -0.507 e. The fourth-order valence-electron chi connectivity index (χ4n) is 1.65. The van der Waals surface area contributed by atoms with Gasteiger partial charge in [-0.1, -0.05) is 39.0 Å². The van der Waals surface area contributed by atoms with Crippen LogP contribution in [0.15, 0.2) is 22.7 Å². The van der Waals surface area contributed by atoms with Crippen molar-refractivity contribution in [3.63, 3.8) is 0 Å². The fourth-order valence-corrected chi connectivity index (χ4v) is 2.01. The van der Waals surface area contributed by atoms with Crippen LogP contribution in [0.5, 0.6) is 11.5 Å². The molecule has 0 bridgehead atoms. The lowest BCUT2D eigenvalue weighted by Gasteiger charge is -2.07. The largest absolute Gasteiger partial charge is 0.507 e. The number of rotatable bonds is 8. The molecule has 0 aliphatic rings. The zero-order valence-electron chi connectivity index (χ0n) is 10.4. The van der Waals surface area contributed by atoms with Crippen LogP contribution in [0.2, 0.25) is 0 Å². The van der Waals surface area contributed by atoms with Gasteiger partial charge in [-0.05, 0) is 40.5 Å². The van der Waals surface area contributed by atoms with Gasteiger partial charge in [-0.15, -0.1) is 0 Å². The summed E-state index contributed by atoms with van der Waals surface area (Å²) in [6.07, 6.45) is 7.60. The summed E-state index contributed by atoms with van der Waals surface area (Å²) in [4.78, 5) is 0. The number of benzene rings is 1. The lowest BCUT2D eigenvalue weighted by atomic mass is 10.1. The molecular formula is C14H21BrO2. The molecule has 0 radical (unpaired) electrons. The SMILES string of the molecule is CCCCCCCCOc1ccc(O)c(Br)c1. The van der Waals surface area contributed by atoms with Crippen LogP contribution >= 0.6 is 15.9 Å². The molecule has 17 heavy (non-hydrogen) atoms. The van der Waals surface area contributed by atoms with E-state index in [9.17, 15) is 5.11 Å². The van der Waals surface area contributed by atoms with Crippen LogP contribution in [0.3, 0.4) is 0 Å². The van der Waals surface area contributed by atoms with Crippen LogP contribution in [0.4, 0.5) is 0 Å². The highest BCUT2D eigenvalue weighted by molar-refractivity contribution is 9.10. The van der Waals surface area contributed by atoms with Crippen LogP contribution in [-0.4, -0.2) is 11.7 Å². The van der Waals surface area contributed by atoms with Gasteiger partial charge < -0.3 is 9.84 Å². The standard InChI is InChI=1S/C14H21BrO2/c1-2-3-4-5-6-7-10-17-12-8-9-14(16)13(15)11-12/h8-9,11,16H,2-7,10H2,1H3. The van der Waals surface area contributed by atoms with E-state index in [0.29, 0.717) is 4.47 Å². The van der Waals surface area contributed by atoms with Gasteiger partial charge in [-0.25, -0.2) is 0 Å². The molecule has 1 aromatic carbocycles. The summed E-state index contributed by atoms with van der Waals surface area (Å²) in [5.74, 6) is 1.06. The van der Waals surface area contributed by atoms with Crippen molar-refractivity contribution in [2.45, 2.75) is 45.4 Å². The van der Waals surface area contributed by atoms with Crippen LogP contribution in [0.1, 0.15) is 45.4 Å². The molecule has 1 rings (SSSR count). The molecule has 1 aromatic rings. The Bertz CT molecular complexity index is 326. The molecule has 0 fully saturated rings. The van der Waals surface area contributed by atoms with Crippen LogP contribution in [-0.2, 0) is 0 Å². The van der Waals surface area contributed by atoms with Crippen molar-refractivity contribution in [3.05, 3.63) is 22.7 Å². The smallest absolute Gasteiger partial charge is 0.130 e. The third-order valence-corrected chi connectivity index (χ3v) is 3.32. The highest BCUT2D eigenvalue weighted by atomic mass is 79.9. The van der Waals surface area contributed by atoms with Gasteiger partial charge in [-0.2, -0.15) is 0 Å². The molecule has 0 spiro atoms. The number of phenols is 1. The second-order valence-corrected chi connectivity index (χ2v) is 5.08. The zero-order chi connectivity index (χ0) is 12.5. The van der Waals surface area contributed by atoms with Crippen molar-refractivity contribution in [1.29, 1.82) is 0 Å². The average molecular weight is 301 g/mol. The summed E-state index contributed by atoms with van der Waals surface area (Å²) in [7, 11) is 0. The molecule has 0 aromatic heterocycles. The summed E-state index contributed by atoms with van der Waals surface area (Å²) >= 11 is 3.27. The third kappa shape index (κ3) is 5.97. The van der Waals surface area contributed by atoms with Gasteiger partial charge in [0.25, 0.3) is 0 Å². The molecule has 0 amide bonds. The Morgan fingerprint density at radius 2 is 1.82 bits per heavy atom. The summed E-state index contributed by atoms with van der Waals surface area (Å²) in [6.45, 7) is 2.98. The first-order valence-electron chi connectivity index (χ1n) is 6.35. The maximum absolute atomic E-state index is 9.33. The number of aromatic hydroxyl groups is 1. The Morgan fingerprint density at radius 1 is 1.12 bits per heavy atom. The van der Waals surface area contributed by atoms with Crippen LogP contribution in [0, 0.1) is 0 Å². The van der Waals surface area contributed by atoms with Crippen molar-refractivity contribution in [2.75, 3.05) is 6.61 Å². The summed E-state index contributed by atoms with van der Waals surface area (Å²) < 4.78 is 6.29. The van der Waals surface area contributed by atoms with E-state index in [1.807, 2.05) is 0 Å². The normalized spacial score (nSPS) is 10.5. The van der Waals surface area contributed by atoms with Gasteiger partial charge in [0.15, 0.2) is 0 Å². The Morgan fingerprint density at radius 3 is 2.53 bits per heavy atom. The topological polar surface area (TPSA) is 29.5 Å². The van der Waals surface area contributed by atoms with Crippen molar-refractivity contribution in [2.24, 2.45) is 0 Å². The molecule has 0 saturated carbocycles. The van der Waals surface area contributed by atoms with Gasteiger partial charge in [0, 0.05) is 0 Å². The van der Waals surface area contributed by atoms with E-state index in [4.69, 9.17) is 4.74 Å². The van der Waals surface area contributed by atoms with Gasteiger partial charge >= 0.3 is 0 Å². The van der Waals surface area contributed by atoms with E-state index in [2.05, 4.69) is 22.9 Å². The Kier molecular flexibility index (Phi) is 7.10. The molecule has 2 nitrogen and oxygen atoms in total. The Balaban J connectivity index is 2.11. The quantitative estimate of drug-likeness (QED) is 0.692. The fraction of sp³-hybridized carbons (Fsp3) is 0.571. The van der Waals surface area contributed by atoms with E-state index in [1.165, 1.54) is 32.1 Å². The van der Waals surface area contributed by atoms with E-state index in [-0.39, 0.29) is 5.75 Å². The number of hydrogen-bond acceptors (Lipinski definition) is 2. The number of halogens is 1. The number of ether oxygens (including phenoxy) is 1. The molecular weight excluding hydrogens is 280 g/mol. The van der Waals surface area contributed by atoms with E-state index < -0.39 is 0 Å². The molecule has 0 aliphatic carbocycles. The van der Waals surface area contributed by atoms with Crippen molar-refractivity contribution >= 4 is 15.9 Å². The minimum absolute atomic E-state index is 0.247. The molecule has 0 unspecified atom stereocenters. The second kappa shape index (κ2) is 8.40. The highest BCUT2D eigenvalue weighted by Crippen LogP contribution is 2.27. The minimum atomic E-state index is 0.247. The lowest BCUT2D eigenvalue weighted by Crippen LogP contribution is -1.97. The summed E-state index contributed by atoms with van der Waals surface area (Å²) in [5, 5.41) is 9.33. The van der Waals surface area contributed by atoms with Crippen LogP contribution in [0.25, 0.3) is 0 Å². The molecule has 96 valence electrons. The van der Waals surface area contributed by atoms with E-state index in [1.54, 1.807) is 18.2 Å². The monoisotopic (exact) mass is 300 g/mol. The van der Waals surface area contributed by atoms with Gasteiger partial charge in [0.05, 0.1) is 11.1 Å². The second-order valence-electron chi connectivity index (χ2n) is 4.23. The molecule has 0 heterocycles. The lowest BCUT2D eigenvalue weighted by molar-refractivity contribution is 0.303. The molecule has 0 saturated heterocycles. The molecule has 0 atom stereocenters. The first kappa shape index (κ1) is 14.4. The van der Waals surface area contributed by atoms with E-state index in [0.717, 1.165) is 18.8 Å². The number of phenolic OH excluding ortho intramolecular Hbond substituents is 1. The average Bonchev–Trinajstić information content (AvgIpc) is 2.32.